The molecule has 6 heteroatoms. The fraction of sp³-hybridized carbons (Fsp3) is 0.308. The van der Waals surface area contributed by atoms with Gasteiger partial charge in [-0.2, -0.15) is 0 Å². The summed E-state index contributed by atoms with van der Waals surface area (Å²) in [7, 11) is 0. The van der Waals surface area contributed by atoms with Gasteiger partial charge in [-0.15, -0.1) is 0 Å². The normalized spacial score (nSPS) is 14.0. The van der Waals surface area contributed by atoms with E-state index in [1.807, 2.05) is 0 Å². The van der Waals surface area contributed by atoms with E-state index in [4.69, 9.17) is 4.74 Å². The van der Waals surface area contributed by atoms with Crippen LogP contribution in [0.2, 0.25) is 0 Å². The smallest absolute Gasteiger partial charge is 0.326 e. The van der Waals surface area contributed by atoms with Gasteiger partial charge in [0.1, 0.15) is 12.4 Å². The van der Waals surface area contributed by atoms with Crippen molar-refractivity contribution >= 4 is 23.3 Å². The van der Waals surface area contributed by atoms with Crippen molar-refractivity contribution in [3.63, 3.8) is 0 Å². The number of hydrogen-bond donors (Lipinski definition) is 0. The average Bonchev–Trinajstić information content (AvgIpc) is 2.53. The lowest BCUT2D eigenvalue weighted by Gasteiger charge is -2.16. The van der Waals surface area contributed by atoms with Crippen molar-refractivity contribution in [3.05, 3.63) is 29.6 Å². The molecule has 0 radical (unpaired) electrons. The van der Waals surface area contributed by atoms with E-state index in [0.717, 1.165) is 17.0 Å². The Balaban J connectivity index is 2.26. The standard InChI is InChI=1S/C13H12FNO4/c1-7(2)19-11(16)6-15-10-4-3-8(14)5-9(10)12(17)13(15)18/h3-5,7H,6H2,1-2H3. The number of fused-ring (bicyclic) bond motifs is 1. The Hall–Kier alpha value is -2.24. The van der Waals surface area contributed by atoms with Gasteiger partial charge in [-0.1, -0.05) is 0 Å². The summed E-state index contributed by atoms with van der Waals surface area (Å²) in [6.07, 6.45) is -0.311. The molecule has 1 aromatic rings. The van der Waals surface area contributed by atoms with Gasteiger partial charge in [-0.25, -0.2) is 4.39 Å². The molecular weight excluding hydrogens is 253 g/mol. The molecule has 0 fully saturated rings. The van der Waals surface area contributed by atoms with Crippen molar-refractivity contribution in [2.24, 2.45) is 0 Å². The number of esters is 1. The first kappa shape index (κ1) is 13.2. The topological polar surface area (TPSA) is 63.7 Å². The van der Waals surface area contributed by atoms with Crippen LogP contribution < -0.4 is 4.90 Å². The SMILES string of the molecule is CC(C)OC(=O)CN1C(=O)C(=O)c2cc(F)ccc21. The molecule has 1 aromatic carbocycles. The zero-order chi connectivity index (χ0) is 14.2. The highest BCUT2D eigenvalue weighted by molar-refractivity contribution is 6.52. The molecular formula is C13H12FNO4. The highest BCUT2D eigenvalue weighted by Gasteiger charge is 2.37. The molecule has 0 saturated heterocycles. The molecule has 19 heavy (non-hydrogen) atoms. The van der Waals surface area contributed by atoms with E-state index in [9.17, 15) is 18.8 Å². The van der Waals surface area contributed by atoms with E-state index >= 15 is 0 Å². The minimum Gasteiger partial charge on any atom is -0.462 e. The van der Waals surface area contributed by atoms with Crippen molar-refractivity contribution in [3.8, 4) is 0 Å². The van der Waals surface area contributed by atoms with E-state index < -0.39 is 23.5 Å². The summed E-state index contributed by atoms with van der Waals surface area (Å²) >= 11 is 0. The molecule has 0 aliphatic carbocycles. The molecule has 0 atom stereocenters. The Kier molecular flexibility index (Phi) is 3.33. The van der Waals surface area contributed by atoms with E-state index in [-0.39, 0.29) is 23.9 Å². The summed E-state index contributed by atoms with van der Waals surface area (Å²) < 4.78 is 18.0. The van der Waals surface area contributed by atoms with Gasteiger partial charge in [-0.05, 0) is 32.0 Å². The quantitative estimate of drug-likeness (QED) is 0.610. The van der Waals surface area contributed by atoms with Gasteiger partial charge in [0.05, 0.1) is 17.4 Å². The number of carbonyl (C=O) groups excluding carboxylic acids is 3. The van der Waals surface area contributed by atoms with E-state index in [1.165, 1.54) is 6.07 Å². The van der Waals surface area contributed by atoms with Crippen molar-refractivity contribution < 1.29 is 23.5 Å². The number of hydrogen-bond acceptors (Lipinski definition) is 4. The molecule has 2 rings (SSSR count). The molecule has 1 amide bonds. The van der Waals surface area contributed by atoms with Crippen LogP contribution in [0.4, 0.5) is 10.1 Å². The third-order valence-electron chi connectivity index (χ3n) is 2.59. The molecule has 1 heterocycles. The first-order valence-electron chi connectivity index (χ1n) is 5.75. The van der Waals surface area contributed by atoms with Gasteiger partial charge < -0.3 is 4.74 Å². The monoisotopic (exact) mass is 265 g/mol. The third-order valence-corrected chi connectivity index (χ3v) is 2.59. The Morgan fingerprint density at radius 2 is 2.05 bits per heavy atom. The maximum Gasteiger partial charge on any atom is 0.326 e. The van der Waals surface area contributed by atoms with E-state index in [0.29, 0.717) is 0 Å². The van der Waals surface area contributed by atoms with E-state index in [1.54, 1.807) is 13.8 Å². The van der Waals surface area contributed by atoms with Crippen LogP contribution in [0.5, 0.6) is 0 Å². The number of amides is 1. The zero-order valence-corrected chi connectivity index (χ0v) is 10.5. The molecule has 0 bridgehead atoms. The van der Waals surface area contributed by atoms with Crippen LogP contribution in [-0.2, 0) is 14.3 Å². The summed E-state index contributed by atoms with van der Waals surface area (Å²) in [4.78, 5) is 35.9. The van der Waals surface area contributed by atoms with Gasteiger partial charge in [-0.3, -0.25) is 19.3 Å². The number of Topliss-reactive ketones (excluding diaryl/α,β-unsaturated/α-hetero) is 1. The van der Waals surface area contributed by atoms with Crippen LogP contribution >= 0.6 is 0 Å². The number of rotatable bonds is 3. The van der Waals surface area contributed by atoms with Crippen LogP contribution in [0.1, 0.15) is 24.2 Å². The fourth-order valence-electron chi connectivity index (χ4n) is 1.86. The third kappa shape index (κ3) is 2.47. The lowest BCUT2D eigenvalue weighted by Crippen LogP contribution is -2.36. The second-order valence-electron chi connectivity index (χ2n) is 4.42. The molecule has 0 unspecified atom stereocenters. The molecule has 0 aromatic heterocycles. The number of anilines is 1. The molecule has 1 aliphatic rings. The largest absolute Gasteiger partial charge is 0.462 e. The second-order valence-corrected chi connectivity index (χ2v) is 4.42. The lowest BCUT2D eigenvalue weighted by molar-refractivity contribution is -0.146. The molecule has 0 spiro atoms. The van der Waals surface area contributed by atoms with Crippen LogP contribution in [0, 0.1) is 5.82 Å². The lowest BCUT2D eigenvalue weighted by atomic mass is 10.1. The van der Waals surface area contributed by atoms with Gasteiger partial charge in [0, 0.05) is 0 Å². The minimum atomic E-state index is -0.846. The molecule has 0 saturated carbocycles. The molecule has 0 N–H and O–H groups in total. The Labute approximate surface area is 109 Å². The Bertz CT molecular complexity index is 568. The average molecular weight is 265 g/mol. The number of nitrogens with zero attached hydrogens (tertiary/aromatic N) is 1. The first-order valence-corrected chi connectivity index (χ1v) is 5.75. The minimum absolute atomic E-state index is 0.0256. The predicted molar refractivity (Wildman–Crippen MR) is 64.3 cm³/mol. The maximum absolute atomic E-state index is 13.1. The van der Waals surface area contributed by atoms with Crippen molar-refractivity contribution in [2.75, 3.05) is 11.4 Å². The summed E-state index contributed by atoms with van der Waals surface area (Å²) in [6.45, 7) is 3.00. The van der Waals surface area contributed by atoms with E-state index in [2.05, 4.69) is 0 Å². The molecule has 5 nitrogen and oxygen atoms in total. The fourth-order valence-corrected chi connectivity index (χ4v) is 1.86. The molecule has 100 valence electrons. The molecule has 1 aliphatic heterocycles. The maximum atomic E-state index is 13.1. The van der Waals surface area contributed by atoms with Crippen LogP contribution in [0.15, 0.2) is 18.2 Å². The Morgan fingerprint density at radius 3 is 2.68 bits per heavy atom. The van der Waals surface area contributed by atoms with Crippen LogP contribution in [0.3, 0.4) is 0 Å². The number of benzene rings is 1. The van der Waals surface area contributed by atoms with Crippen molar-refractivity contribution in [1.29, 1.82) is 0 Å². The number of ketones is 1. The zero-order valence-electron chi connectivity index (χ0n) is 10.5. The first-order chi connectivity index (χ1) is 8.90. The number of halogens is 1. The van der Waals surface area contributed by atoms with Gasteiger partial charge in [0.15, 0.2) is 0 Å². The number of ether oxygens (including phenoxy) is 1. The predicted octanol–water partition coefficient (Wildman–Crippen LogP) is 1.31. The summed E-state index contributed by atoms with van der Waals surface area (Å²) in [6, 6.07) is 3.42. The van der Waals surface area contributed by atoms with Crippen LogP contribution in [0.25, 0.3) is 0 Å². The van der Waals surface area contributed by atoms with Gasteiger partial charge in [0.25, 0.3) is 11.7 Å². The van der Waals surface area contributed by atoms with Crippen molar-refractivity contribution in [2.45, 2.75) is 20.0 Å². The summed E-state index contributed by atoms with van der Waals surface area (Å²) in [5, 5.41) is 0. The summed E-state index contributed by atoms with van der Waals surface area (Å²) in [5.74, 6) is -2.88. The second kappa shape index (κ2) is 4.79. The summed E-state index contributed by atoms with van der Waals surface area (Å²) in [5.41, 5.74) is 0.208. The van der Waals surface area contributed by atoms with Crippen LogP contribution in [-0.4, -0.2) is 30.3 Å². The highest BCUT2D eigenvalue weighted by Crippen LogP contribution is 2.29. The Morgan fingerprint density at radius 1 is 1.37 bits per heavy atom. The van der Waals surface area contributed by atoms with Gasteiger partial charge in [0.2, 0.25) is 0 Å². The highest BCUT2D eigenvalue weighted by atomic mass is 19.1. The van der Waals surface area contributed by atoms with Crippen molar-refractivity contribution in [1.82, 2.24) is 0 Å². The number of carbonyl (C=O) groups is 3. The van der Waals surface area contributed by atoms with Gasteiger partial charge >= 0.3 is 5.97 Å².